The highest BCUT2D eigenvalue weighted by molar-refractivity contribution is 9.11. The van der Waals surface area contributed by atoms with Gasteiger partial charge >= 0.3 is 0 Å². The minimum Gasteiger partial charge on any atom is -0.508 e. The lowest BCUT2D eigenvalue weighted by Gasteiger charge is -2.34. The number of fused-ring (bicyclic) bond motifs is 9. The van der Waals surface area contributed by atoms with Gasteiger partial charge in [-0.25, -0.2) is 0 Å². The Morgan fingerprint density at radius 1 is 0.350 bits per heavy atom. The first kappa shape index (κ1) is 41.3. The molecule has 0 heterocycles. The van der Waals surface area contributed by atoms with Crippen molar-refractivity contribution in [3.8, 4) is 44.9 Å². The minimum absolute atomic E-state index is 0.104. The van der Waals surface area contributed by atoms with Crippen LogP contribution in [0.4, 0.5) is 0 Å². The molecular weight excluding hydrogens is 1140 g/mol. The van der Waals surface area contributed by atoms with Gasteiger partial charge in [0, 0.05) is 38.0 Å². The number of phenolic OH excluding ortho intramolecular Hbond substituents is 2. The number of hydrogen-bond acceptors (Lipinski definition) is 3. The third-order valence-electron chi connectivity index (χ3n) is 11.2. The number of halogens is 6. The SMILES string of the molecule is Brc1ccc2c(c1)Cc1cc(Br)ccc1-2.O=C1c2cc(Br)ccc2-c2ccc(Br)cc21.Oc1ccc(C2(c3ccc(O)cc3)c3cc(Br)ccc3-c3ccc(Br)cc32)cc1. The zero-order valence-electron chi connectivity index (χ0n) is 31.3. The van der Waals surface area contributed by atoms with Crippen LogP contribution in [-0.4, -0.2) is 16.0 Å². The summed E-state index contributed by atoms with van der Waals surface area (Å²) in [4.78, 5) is 12.2. The van der Waals surface area contributed by atoms with Gasteiger partial charge in [-0.1, -0.05) is 156 Å². The summed E-state index contributed by atoms with van der Waals surface area (Å²) in [7, 11) is 0. The number of benzene rings is 8. The van der Waals surface area contributed by atoms with Gasteiger partial charge in [0.1, 0.15) is 11.5 Å². The van der Waals surface area contributed by atoms with E-state index in [-0.39, 0.29) is 17.3 Å². The number of phenols is 2. The first-order chi connectivity index (χ1) is 28.9. The average Bonchev–Trinajstić information content (AvgIpc) is 3.82. The maximum Gasteiger partial charge on any atom is 0.194 e. The Morgan fingerprint density at radius 3 is 1.05 bits per heavy atom. The molecule has 3 aliphatic carbocycles. The van der Waals surface area contributed by atoms with Gasteiger partial charge in [0.2, 0.25) is 0 Å². The van der Waals surface area contributed by atoms with E-state index >= 15 is 0 Å². The molecule has 294 valence electrons. The molecule has 0 unspecified atom stereocenters. The number of ketones is 1. The zero-order chi connectivity index (χ0) is 41.9. The van der Waals surface area contributed by atoms with Crippen LogP contribution in [0.2, 0.25) is 0 Å². The van der Waals surface area contributed by atoms with Gasteiger partial charge in [0.05, 0.1) is 5.41 Å². The van der Waals surface area contributed by atoms with Crippen LogP contribution in [0, 0.1) is 0 Å². The quantitative estimate of drug-likeness (QED) is 0.181. The molecule has 0 atom stereocenters. The van der Waals surface area contributed by atoms with Crippen LogP contribution in [0.3, 0.4) is 0 Å². The van der Waals surface area contributed by atoms with Gasteiger partial charge in [-0.15, -0.1) is 0 Å². The van der Waals surface area contributed by atoms with Crippen LogP contribution >= 0.6 is 95.6 Å². The van der Waals surface area contributed by atoms with E-state index in [1.807, 2.05) is 60.7 Å². The third-order valence-corrected chi connectivity index (χ3v) is 14.2. The molecule has 0 aliphatic heterocycles. The first-order valence-corrected chi connectivity index (χ1v) is 23.6. The van der Waals surface area contributed by atoms with Crippen LogP contribution in [0.1, 0.15) is 49.3 Å². The van der Waals surface area contributed by atoms with Crippen molar-refractivity contribution in [3.63, 3.8) is 0 Å². The summed E-state index contributed by atoms with van der Waals surface area (Å²) < 4.78 is 6.20. The summed E-state index contributed by atoms with van der Waals surface area (Å²) in [6.45, 7) is 0. The van der Waals surface area contributed by atoms with E-state index in [1.165, 1.54) is 33.4 Å². The molecule has 0 bridgehead atoms. The van der Waals surface area contributed by atoms with Crippen LogP contribution in [0.25, 0.3) is 33.4 Å². The van der Waals surface area contributed by atoms with Crippen molar-refractivity contribution < 1.29 is 15.0 Å². The molecule has 3 nitrogen and oxygen atoms in total. The summed E-state index contributed by atoms with van der Waals surface area (Å²) >= 11 is 21.1. The van der Waals surface area contributed by atoms with Gasteiger partial charge in [0.25, 0.3) is 0 Å². The lowest BCUT2D eigenvalue weighted by atomic mass is 9.68. The summed E-state index contributed by atoms with van der Waals surface area (Å²) in [5.74, 6) is 0.570. The highest BCUT2D eigenvalue weighted by atomic mass is 79.9. The summed E-state index contributed by atoms with van der Waals surface area (Å²) in [5, 5.41) is 19.8. The average molecular weight is 1170 g/mol. The molecule has 0 spiro atoms. The number of carbonyl (C=O) groups excluding carboxylic acids is 1. The molecule has 0 radical (unpaired) electrons. The maximum absolute atomic E-state index is 12.2. The molecular formula is C51H30Br6O3. The number of rotatable bonds is 2. The molecule has 0 fully saturated rings. The highest BCUT2D eigenvalue weighted by Gasteiger charge is 2.46. The van der Waals surface area contributed by atoms with Crippen LogP contribution < -0.4 is 0 Å². The molecule has 11 rings (SSSR count). The van der Waals surface area contributed by atoms with E-state index in [9.17, 15) is 15.0 Å². The standard InChI is InChI=1S/C25H16Br2O2.C13H6Br2O.C13H8Br2/c26-17-5-11-21-22-12-6-18(27)14-24(22)25(23(21)13-17,15-1-7-19(28)8-2-15)16-3-9-20(29)10-4-16;14-7-1-3-9-10-4-2-8(15)6-12(10)13(16)11(9)5-7;14-10-1-3-12-8(6-10)5-9-7-11(15)2-4-13(9)12/h1-14,28-29H;1-6H;1-4,6-7H,5H2. The fourth-order valence-corrected chi connectivity index (χ4v) is 10.9. The van der Waals surface area contributed by atoms with Crippen molar-refractivity contribution in [2.24, 2.45) is 0 Å². The molecule has 8 aromatic carbocycles. The van der Waals surface area contributed by atoms with E-state index < -0.39 is 5.41 Å². The van der Waals surface area contributed by atoms with E-state index in [0.29, 0.717) is 0 Å². The Bertz CT molecular complexity index is 2810. The Balaban J connectivity index is 0.000000126. The Morgan fingerprint density at radius 2 is 0.667 bits per heavy atom. The monoisotopic (exact) mass is 1160 g/mol. The van der Waals surface area contributed by atoms with Gasteiger partial charge in [-0.05, 0) is 170 Å². The van der Waals surface area contributed by atoms with Crippen molar-refractivity contribution in [1.82, 2.24) is 0 Å². The molecule has 9 heteroatoms. The second-order valence-electron chi connectivity index (χ2n) is 14.7. The van der Waals surface area contributed by atoms with E-state index in [2.05, 4.69) is 168 Å². The second kappa shape index (κ2) is 16.6. The van der Waals surface area contributed by atoms with Gasteiger partial charge < -0.3 is 10.2 Å². The van der Waals surface area contributed by atoms with Crippen molar-refractivity contribution in [1.29, 1.82) is 0 Å². The fraction of sp³-hybridized carbons (Fsp3) is 0.0392. The molecule has 0 aromatic heterocycles. The maximum atomic E-state index is 12.2. The minimum atomic E-state index is -0.570. The summed E-state index contributed by atoms with van der Waals surface area (Å²) in [6.07, 6.45) is 1.05. The largest absolute Gasteiger partial charge is 0.508 e. The Labute approximate surface area is 398 Å². The number of hydrogen-bond donors (Lipinski definition) is 2. The normalized spacial score (nSPS) is 13.1. The smallest absolute Gasteiger partial charge is 0.194 e. The molecule has 8 aromatic rings. The van der Waals surface area contributed by atoms with E-state index in [4.69, 9.17) is 0 Å². The topological polar surface area (TPSA) is 57.5 Å². The second-order valence-corrected chi connectivity index (χ2v) is 20.2. The van der Waals surface area contributed by atoms with Crippen molar-refractivity contribution in [3.05, 3.63) is 229 Å². The van der Waals surface area contributed by atoms with Crippen LogP contribution in [0.5, 0.6) is 11.5 Å². The van der Waals surface area contributed by atoms with E-state index in [1.54, 1.807) is 24.3 Å². The van der Waals surface area contributed by atoms with E-state index in [0.717, 1.165) is 77.8 Å². The predicted octanol–water partition coefficient (Wildman–Crippen LogP) is 16.2. The third kappa shape index (κ3) is 7.49. The first-order valence-electron chi connectivity index (χ1n) is 18.8. The fourth-order valence-electron chi connectivity index (χ4n) is 8.65. The predicted molar refractivity (Wildman–Crippen MR) is 263 cm³/mol. The molecule has 0 saturated heterocycles. The Hall–Kier alpha value is -4.09. The summed E-state index contributed by atoms with van der Waals surface area (Å²) in [5.41, 5.74) is 15.4. The van der Waals surface area contributed by atoms with Crippen molar-refractivity contribution >= 4 is 101 Å². The lowest BCUT2D eigenvalue weighted by Crippen LogP contribution is -2.28. The van der Waals surface area contributed by atoms with Gasteiger partial charge in [0.15, 0.2) is 5.78 Å². The van der Waals surface area contributed by atoms with Gasteiger partial charge in [-0.3, -0.25) is 4.79 Å². The van der Waals surface area contributed by atoms with Crippen molar-refractivity contribution in [2.45, 2.75) is 11.8 Å². The molecule has 60 heavy (non-hydrogen) atoms. The molecule has 0 amide bonds. The van der Waals surface area contributed by atoms with Crippen LogP contribution in [0.15, 0.2) is 185 Å². The summed E-state index contributed by atoms with van der Waals surface area (Å²) in [6, 6.07) is 52.2. The molecule has 3 aliphatic rings. The number of aromatic hydroxyl groups is 2. The van der Waals surface area contributed by atoms with Crippen LogP contribution in [-0.2, 0) is 11.8 Å². The zero-order valence-corrected chi connectivity index (χ0v) is 40.8. The highest BCUT2D eigenvalue weighted by Crippen LogP contribution is 2.57. The van der Waals surface area contributed by atoms with Crippen molar-refractivity contribution in [2.75, 3.05) is 0 Å². The van der Waals surface area contributed by atoms with Gasteiger partial charge in [-0.2, -0.15) is 0 Å². The lowest BCUT2D eigenvalue weighted by molar-refractivity contribution is 0.104. The molecule has 2 N–H and O–H groups in total. The molecule has 0 saturated carbocycles. The number of carbonyl (C=O) groups is 1. The Kier molecular flexibility index (Phi) is 11.5.